The van der Waals surface area contributed by atoms with Gasteiger partial charge in [-0.1, -0.05) is 19.9 Å². The summed E-state index contributed by atoms with van der Waals surface area (Å²) >= 11 is 0. The number of alkyl halides is 3. The maximum atomic E-state index is 14.4. The molecule has 0 aliphatic carbocycles. The highest BCUT2D eigenvalue weighted by molar-refractivity contribution is 5.93. The normalized spacial score (nSPS) is 25.9. The Morgan fingerprint density at radius 1 is 1.14 bits per heavy atom. The number of hydrogen-bond donors (Lipinski definition) is 2. The van der Waals surface area contributed by atoms with Gasteiger partial charge in [-0.25, -0.2) is 5.43 Å². The molecule has 1 aromatic carbocycles. The lowest BCUT2D eigenvalue weighted by Gasteiger charge is -2.37. The maximum absolute atomic E-state index is 14.4. The zero-order chi connectivity index (χ0) is 35.1. The van der Waals surface area contributed by atoms with E-state index >= 15 is 0 Å². The van der Waals surface area contributed by atoms with Crippen LogP contribution in [0, 0.1) is 5.41 Å². The highest BCUT2D eigenvalue weighted by atomic mass is 19.4. The van der Waals surface area contributed by atoms with Gasteiger partial charge in [0.25, 0.3) is 5.91 Å². The number of cyclic esters (lactones) is 1. The number of benzene rings is 1. The summed E-state index contributed by atoms with van der Waals surface area (Å²) in [6.07, 6.45) is -0.0931. The number of nitrogens with two attached hydrogens (primary N) is 1. The van der Waals surface area contributed by atoms with E-state index in [1.54, 1.807) is 31.5 Å². The Morgan fingerprint density at radius 3 is 2.67 bits per heavy atom. The Kier molecular flexibility index (Phi) is 10.1. The van der Waals surface area contributed by atoms with Crippen LogP contribution in [0.3, 0.4) is 0 Å². The number of pyridine rings is 1. The number of carbonyl (C=O) groups excluding carboxylic acids is 2. The summed E-state index contributed by atoms with van der Waals surface area (Å²) in [6, 6.07) is 7.83. The van der Waals surface area contributed by atoms with Gasteiger partial charge in [0.2, 0.25) is 0 Å². The third-order valence-electron chi connectivity index (χ3n) is 10.1. The van der Waals surface area contributed by atoms with Gasteiger partial charge in [0.1, 0.15) is 12.6 Å². The average molecular weight is 685 g/mol. The fourth-order valence-corrected chi connectivity index (χ4v) is 7.64. The van der Waals surface area contributed by atoms with Crippen molar-refractivity contribution in [3.63, 3.8) is 0 Å². The van der Waals surface area contributed by atoms with Crippen molar-refractivity contribution in [2.24, 2.45) is 11.1 Å². The first-order valence-electron chi connectivity index (χ1n) is 17.2. The van der Waals surface area contributed by atoms with Crippen molar-refractivity contribution < 1.29 is 32.2 Å². The molecule has 13 heteroatoms. The maximum Gasteiger partial charge on any atom is 0.406 e. The second kappa shape index (κ2) is 14.0. The number of piperidine rings is 1. The van der Waals surface area contributed by atoms with Crippen LogP contribution in [0.25, 0.3) is 22.2 Å². The minimum atomic E-state index is -4.50. The van der Waals surface area contributed by atoms with Gasteiger partial charge >= 0.3 is 12.1 Å². The zero-order valence-electron chi connectivity index (χ0n) is 28.7. The first-order valence-corrected chi connectivity index (χ1v) is 17.2. The highest BCUT2D eigenvalue weighted by Gasteiger charge is 2.37. The van der Waals surface area contributed by atoms with E-state index in [-0.39, 0.29) is 18.4 Å². The minimum Gasteiger partial charge on any atom is -0.464 e. The van der Waals surface area contributed by atoms with Crippen LogP contribution in [0.5, 0.6) is 0 Å². The molecule has 0 radical (unpaired) electrons. The van der Waals surface area contributed by atoms with Crippen molar-refractivity contribution >= 4 is 22.8 Å². The molecule has 5 heterocycles. The summed E-state index contributed by atoms with van der Waals surface area (Å²) < 4.78 is 56.1. The molecule has 49 heavy (non-hydrogen) atoms. The highest BCUT2D eigenvalue weighted by Crippen LogP contribution is 2.43. The van der Waals surface area contributed by atoms with Gasteiger partial charge in [-0.3, -0.25) is 19.6 Å². The molecule has 1 unspecified atom stereocenters. The van der Waals surface area contributed by atoms with Crippen molar-refractivity contribution in [1.29, 1.82) is 0 Å². The predicted molar refractivity (Wildman–Crippen MR) is 179 cm³/mol. The van der Waals surface area contributed by atoms with Crippen LogP contribution in [0.2, 0.25) is 0 Å². The van der Waals surface area contributed by atoms with Gasteiger partial charge in [-0.15, -0.1) is 0 Å². The van der Waals surface area contributed by atoms with Crippen LogP contribution in [-0.2, 0) is 32.0 Å². The molecule has 2 fully saturated rings. The van der Waals surface area contributed by atoms with Crippen molar-refractivity contribution in [2.45, 2.75) is 89.7 Å². The lowest BCUT2D eigenvalue weighted by atomic mass is 9.83. The van der Waals surface area contributed by atoms with E-state index in [2.05, 4.69) is 15.3 Å². The number of ether oxygens (including phenoxy) is 2. The molecular formula is C36H47F3N6O4. The number of halogens is 3. The molecule has 2 saturated heterocycles. The van der Waals surface area contributed by atoms with Gasteiger partial charge in [0.15, 0.2) is 0 Å². The molecule has 3 aromatic rings. The Hall–Kier alpha value is -3.52. The van der Waals surface area contributed by atoms with E-state index in [1.165, 1.54) is 9.58 Å². The smallest absolute Gasteiger partial charge is 0.406 e. The Balaban J connectivity index is 1.53. The largest absolute Gasteiger partial charge is 0.464 e. The lowest BCUT2D eigenvalue weighted by Crippen LogP contribution is -2.60. The van der Waals surface area contributed by atoms with E-state index in [0.29, 0.717) is 61.4 Å². The van der Waals surface area contributed by atoms with E-state index in [4.69, 9.17) is 15.2 Å². The van der Waals surface area contributed by atoms with Gasteiger partial charge in [0, 0.05) is 54.8 Å². The fraction of sp³-hybridized carbons (Fsp3) is 0.583. The van der Waals surface area contributed by atoms with E-state index in [0.717, 1.165) is 35.9 Å². The number of hydrogen-bond acceptors (Lipinski definition) is 8. The molecule has 2 aromatic heterocycles. The van der Waals surface area contributed by atoms with E-state index in [9.17, 15) is 22.8 Å². The molecule has 10 nitrogen and oxygen atoms in total. The van der Waals surface area contributed by atoms with Crippen LogP contribution in [-0.4, -0.2) is 89.5 Å². The van der Waals surface area contributed by atoms with Crippen LogP contribution in [0.15, 0.2) is 36.5 Å². The predicted octanol–water partition coefficient (Wildman–Crippen LogP) is 5.10. The number of carbonyl (C=O) groups is 2. The Labute approximate surface area is 285 Å². The molecule has 266 valence electrons. The Bertz CT molecular complexity index is 1690. The average Bonchev–Trinajstić information content (AvgIpc) is 3.35. The summed E-state index contributed by atoms with van der Waals surface area (Å²) in [4.78, 5) is 33.5. The number of methoxy groups -OCH3 is 1. The number of rotatable bonds is 4. The monoisotopic (exact) mass is 684 g/mol. The second-order valence-electron chi connectivity index (χ2n) is 14.6. The van der Waals surface area contributed by atoms with Gasteiger partial charge < -0.3 is 24.7 Å². The van der Waals surface area contributed by atoms with Crippen molar-refractivity contribution in [1.82, 2.24) is 24.9 Å². The number of fused-ring (bicyclic) bond motifs is 6. The molecule has 3 aliphatic rings. The molecule has 6 bridgehead atoms. The first-order chi connectivity index (χ1) is 23.2. The number of nitrogens with zero attached hydrogens (tertiary/aromatic N) is 4. The molecule has 1 amide bonds. The van der Waals surface area contributed by atoms with Crippen LogP contribution >= 0.6 is 0 Å². The summed E-state index contributed by atoms with van der Waals surface area (Å²) in [7, 11) is 1.55. The van der Waals surface area contributed by atoms with Crippen LogP contribution in [0.4, 0.5) is 13.2 Å². The molecule has 3 N–H and O–H groups in total. The van der Waals surface area contributed by atoms with Gasteiger partial charge in [0.05, 0.1) is 30.1 Å². The third kappa shape index (κ3) is 7.64. The topological polar surface area (TPSA) is 115 Å². The van der Waals surface area contributed by atoms with E-state index in [1.807, 2.05) is 32.9 Å². The Morgan fingerprint density at radius 2 is 1.92 bits per heavy atom. The number of esters is 1. The molecule has 5 atom stereocenters. The molecular weight excluding hydrogens is 637 g/mol. The standard InChI is InChI=1S/C36H47F3N6O4/c1-22(48-4)31-25(9-5-13-41-31)32-27-17-35(2,3)21-49-34(47)29-10-7-15-45(42-29)33(46)28(40)19-43-14-6-8-24(18-43)23-11-12-30(26(27)16-23)44(32)20-36(37,38)39/h5,9,11-13,16,22,24,28-29,42H,6-8,10,14-15,17-21,40H2,1-4H3/t22-,24+,28-,29-/m0/s1. The fourth-order valence-electron chi connectivity index (χ4n) is 7.64. The number of nitrogens with one attached hydrogen (secondary N) is 1. The van der Waals surface area contributed by atoms with Gasteiger partial charge in [-0.05, 0) is 86.9 Å². The SMILES string of the molecule is CO[C@@H](C)c1ncccc1-c1c2c3cc(ccc3n1CC(F)(F)F)[C@@H]1CCCN(C1)C[C@H](N)C(=O)N1CCC[C@H](N1)C(=O)OCC(C)(C)C2. The number of hydrazine groups is 1. The molecule has 0 spiro atoms. The summed E-state index contributed by atoms with van der Waals surface area (Å²) in [6.45, 7) is 6.82. The van der Waals surface area contributed by atoms with Gasteiger partial charge in [-0.2, -0.15) is 13.2 Å². The quantitative estimate of drug-likeness (QED) is 0.365. The molecule has 3 aliphatic heterocycles. The van der Waals surface area contributed by atoms with Crippen LogP contribution < -0.4 is 11.2 Å². The number of amides is 1. The second-order valence-corrected chi connectivity index (χ2v) is 14.6. The summed E-state index contributed by atoms with van der Waals surface area (Å²) in [5.74, 6) is -0.636. The lowest BCUT2D eigenvalue weighted by molar-refractivity contribution is -0.155. The summed E-state index contributed by atoms with van der Waals surface area (Å²) in [5.41, 5.74) is 12.6. The molecule has 6 rings (SSSR count). The summed E-state index contributed by atoms with van der Waals surface area (Å²) in [5, 5.41) is 2.18. The number of aromatic nitrogens is 2. The van der Waals surface area contributed by atoms with Crippen LogP contribution in [0.1, 0.15) is 75.3 Å². The van der Waals surface area contributed by atoms with Crippen molar-refractivity contribution in [3.05, 3.63) is 53.3 Å². The zero-order valence-corrected chi connectivity index (χ0v) is 28.7. The van der Waals surface area contributed by atoms with Crippen molar-refractivity contribution in [3.8, 4) is 11.3 Å². The minimum absolute atomic E-state index is 0.0223. The van der Waals surface area contributed by atoms with E-state index < -0.39 is 42.3 Å². The van der Waals surface area contributed by atoms with Crippen molar-refractivity contribution in [2.75, 3.05) is 39.9 Å². The molecule has 0 saturated carbocycles. The first kappa shape index (κ1) is 35.3. The third-order valence-corrected chi connectivity index (χ3v) is 10.1.